The molecule has 2 saturated heterocycles. The molecule has 2 amide bonds. The smallest absolute Gasteiger partial charge is 0.311 e. The summed E-state index contributed by atoms with van der Waals surface area (Å²) < 4.78 is 4.90. The summed E-state index contributed by atoms with van der Waals surface area (Å²) in [6.07, 6.45) is 16.3. The molecule has 1 unspecified atom stereocenters. The second-order valence-electron chi connectivity index (χ2n) is 10.1. The van der Waals surface area contributed by atoms with E-state index >= 15 is 0 Å². The molecule has 2 fully saturated rings. The lowest BCUT2D eigenvalue weighted by Gasteiger charge is -2.35. The van der Waals surface area contributed by atoms with Gasteiger partial charge in [-0.05, 0) is 38.5 Å². The molecular weight excluding hydrogens is 464 g/mol. The van der Waals surface area contributed by atoms with E-state index in [9.17, 15) is 14.4 Å². The van der Waals surface area contributed by atoms with E-state index in [0.29, 0.717) is 26.2 Å². The van der Waals surface area contributed by atoms with Crippen LogP contribution in [-0.4, -0.2) is 81.6 Å². The molecule has 5 atom stereocenters. The topological polar surface area (TPSA) is 87.2 Å². The van der Waals surface area contributed by atoms with Gasteiger partial charge in [-0.25, -0.2) is 0 Å². The van der Waals surface area contributed by atoms with Crippen molar-refractivity contribution in [1.29, 1.82) is 0 Å². The largest absolute Gasteiger partial charge is 0.465 e. The van der Waals surface area contributed by atoms with Crippen molar-refractivity contribution in [3.05, 3.63) is 24.3 Å². The van der Waals surface area contributed by atoms with Gasteiger partial charge in [-0.15, -0.1) is 11.8 Å². The Balaban J connectivity index is 1.69. The van der Waals surface area contributed by atoms with E-state index in [2.05, 4.69) is 25.2 Å². The van der Waals surface area contributed by atoms with Crippen molar-refractivity contribution in [2.45, 2.75) is 80.7 Å². The molecule has 7 nitrogen and oxygen atoms in total. The molecule has 0 radical (unpaired) electrons. The number of esters is 1. The first-order chi connectivity index (χ1) is 17.0. The number of nitrogens with zero attached hydrogens (tertiary/aromatic N) is 2. The number of ether oxygens (including phenoxy) is 1. The zero-order valence-electron chi connectivity index (χ0n) is 20.9. The molecule has 0 aliphatic carbocycles. The second-order valence-corrected chi connectivity index (χ2v) is 11.6. The number of aliphatic hydroxyl groups is 1. The average Bonchev–Trinajstić information content (AvgIpc) is 3.23. The number of hydrogen-bond acceptors (Lipinski definition) is 6. The SMILES string of the molecule is CCCCN1CC=C[C@]23S[C@H]4/C=C\CCCCOC(=O)[C@H]4[C@H]2C(=O)N(CCCCCCO)C3C1=O. The molecular formula is C27H40N2O5S. The summed E-state index contributed by atoms with van der Waals surface area (Å²) in [7, 11) is 0. The standard InChI is InChI=1S/C27H40N2O5S/c1-2-3-15-28-16-12-14-27-22(21-20(35-27)13-8-4-7-11-19-34-26(21)33)24(31)29(23(27)25(28)32)17-9-5-6-10-18-30/h8,12-14,20-23,30H,2-7,9-11,15-19H2,1H3/b13-8-/t20-,21+,22-,23?,27-/m0/s1. The van der Waals surface area contributed by atoms with Gasteiger partial charge in [0.15, 0.2) is 0 Å². The van der Waals surface area contributed by atoms with Crippen molar-refractivity contribution in [1.82, 2.24) is 9.80 Å². The Morgan fingerprint density at radius 3 is 2.69 bits per heavy atom. The van der Waals surface area contributed by atoms with E-state index in [1.807, 2.05) is 11.0 Å². The van der Waals surface area contributed by atoms with Crippen molar-refractivity contribution in [3.63, 3.8) is 0 Å². The molecule has 0 aromatic heterocycles. The fourth-order valence-corrected chi connectivity index (χ4v) is 8.00. The van der Waals surface area contributed by atoms with Crippen LogP contribution in [0.3, 0.4) is 0 Å². The first kappa shape index (κ1) is 26.3. The van der Waals surface area contributed by atoms with Crippen LogP contribution in [-0.2, 0) is 19.1 Å². The molecule has 0 bridgehead atoms. The van der Waals surface area contributed by atoms with Crippen LogP contribution in [0.25, 0.3) is 0 Å². The lowest BCUT2D eigenvalue weighted by Crippen LogP contribution is -2.53. The van der Waals surface area contributed by atoms with E-state index < -0.39 is 22.6 Å². The van der Waals surface area contributed by atoms with E-state index in [1.165, 1.54) is 0 Å². The van der Waals surface area contributed by atoms with E-state index in [0.717, 1.165) is 57.8 Å². The van der Waals surface area contributed by atoms with Crippen molar-refractivity contribution < 1.29 is 24.2 Å². The average molecular weight is 505 g/mol. The number of carbonyl (C=O) groups excluding carboxylic acids is 3. The van der Waals surface area contributed by atoms with Crippen molar-refractivity contribution >= 4 is 29.5 Å². The predicted octanol–water partition coefficient (Wildman–Crippen LogP) is 3.32. The Labute approximate surface area is 213 Å². The molecule has 1 N–H and O–H groups in total. The summed E-state index contributed by atoms with van der Waals surface area (Å²) >= 11 is 1.62. The Morgan fingerprint density at radius 2 is 1.89 bits per heavy atom. The third-order valence-electron chi connectivity index (χ3n) is 7.77. The molecule has 0 saturated carbocycles. The lowest BCUT2D eigenvalue weighted by molar-refractivity contribution is -0.153. The molecule has 4 aliphatic heterocycles. The number of unbranched alkanes of at least 4 members (excludes halogenated alkanes) is 4. The molecule has 0 aromatic carbocycles. The van der Waals surface area contributed by atoms with Gasteiger partial charge in [0.05, 0.1) is 23.2 Å². The van der Waals surface area contributed by atoms with Crippen LogP contribution in [0.2, 0.25) is 0 Å². The summed E-state index contributed by atoms with van der Waals surface area (Å²) in [6.45, 7) is 4.37. The summed E-state index contributed by atoms with van der Waals surface area (Å²) in [5.74, 6) is -1.56. The maximum Gasteiger partial charge on any atom is 0.311 e. The highest BCUT2D eigenvalue weighted by Gasteiger charge is 2.70. The van der Waals surface area contributed by atoms with Crippen LogP contribution in [0.4, 0.5) is 0 Å². The van der Waals surface area contributed by atoms with E-state index in [4.69, 9.17) is 9.84 Å². The minimum atomic E-state index is -0.757. The molecule has 0 aromatic rings. The van der Waals surface area contributed by atoms with Crippen LogP contribution in [0.1, 0.15) is 64.7 Å². The number of cyclic esters (lactones) is 1. The zero-order valence-corrected chi connectivity index (χ0v) is 21.7. The first-order valence-corrected chi connectivity index (χ1v) is 14.3. The Bertz CT molecular complexity index is 845. The van der Waals surface area contributed by atoms with Gasteiger partial charge in [-0.1, -0.05) is 50.5 Å². The molecule has 1 spiro atoms. The zero-order chi connectivity index (χ0) is 24.8. The molecule has 4 aliphatic rings. The van der Waals surface area contributed by atoms with Crippen LogP contribution >= 0.6 is 11.8 Å². The minimum absolute atomic E-state index is 0.00298. The number of aliphatic hydroxyl groups excluding tert-OH is 1. The number of carbonyl (C=O) groups is 3. The van der Waals surface area contributed by atoms with Gasteiger partial charge in [0.1, 0.15) is 6.04 Å². The van der Waals surface area contributed by atoms with Crippen molar-refractivity contribution in [2.24, 2.45) is 11.8 Å². The van der Waals surface area contributed by atoms with Crippen LogP contribution in [0.5, 0.6) is 0 Å². The van der Waals surface area contributed by atoms with Gasteiger partial charge >= 0.3 is 5.97 Å². The number of thioether (sulfide) groups is 1. The summed E-state index contributed by atoms with van der Waals surface area (Å²) in [5, 5.41) is 8.91. The minimum Gasteiger partial charge on any atom is -0.465 e. The van der Waals surface area contributed by atoms with Gasteiger partial charge in [-0.3, -0.25) is 14.4 Å². The number of fused-ring (bicyclic) bond motifs is 2. The fourth-order valence-electron chi connectivity index (χ4n) is 6.00. The fraction of sp³-hybridized carbons (Fsp3) is 0.741. The normalized spacial score (nSPS) is 33.7. The van der Waals surface area contributed by atoms with Crippen LogP contribution in [0, 0.1) is 11.8 Å². The highest BCUT2D eigenvalue weighted by molar-refractivity contribution is 8.02. The quantitative estimate of drug-likeness (QED) is 0.295. The van der Waals surface area contributed by atoms with Crippen LogP contribution in [0.15, 0.2) is 24.3 Å². The third-order valence-corrected chi connectivity index (χ3v) is 9.52. The van der Waals surface area contributed by atoms with Gasteiger partial charge in [0.2, 0.25) is 11.8 Å². The van der Waals surface area contributed by atoms with Crippen LogP contribution < -0.4 is 0 Å². The molecule has 8 heteroatoms. The summed E-state index contributed by atoms with van der Waals surface area (Å²) in [6, 6.07) is -0.600. The highest BCUT2D eigenvalue weighted by atomic mass is 32.2. The number of likely N-dealkylation sites (tertiary alicyclic amines) is 1. The monoisotopic (exact) mass is 504 g/mol. The van der Waals surface area contributed by atoms with E-state index in [-0.39, 0.29) is 29.6 Å². The Kier molecular flexibility index (Phi) is 8.97. The van der Waals surface area contributed by atoms with Gasteiger partial charge < -0.3 is 19.6 Å². The number of amides is 2. The second kappa shape index (κ2) is 12.0. The first-order valence-electron chi connectivity index (χ1n) is 13.4. The number of rotatable bonds is 9. The van der Waals surface area contributed by atoms with Crippen molar-refractivity contribution in [2.75, 3.05) is 32.8 Å². The molecule has 194 valence electrons. The maximum absolute atomic E-state index is 14.0. The summed E-state index contributed by atoms with van der Waals surface area (Å²) in [4.78, 5) is 45.0. The third kappa shape index (κ3) is 5.19. The maximum atomic E-state index is 14.0. The Hall–Kier alpha value is -1.80. The number of allylic oxidation sites excluding steroid dienone is 1. The molecule has 4 rings (SSSR count). The van der Waals surface area contributed by atoms with Crippen molar-refractivity contribution in [3.8, 4) is 0 Å². The molecule has 35 heavy (non-hydrogen) atoms. The number of hydrogen-bond donors (Lipinski definition) is 1. The van der Waals surface area contributed by atoms with Gasteiger partial charge in [0.25, 0.3) is 0 Å². The van der Waals surface area contributed by atoms with Gasteiger partial charge in [0, 0.05) is 31.5 Å². The Morgan fingerprint density at radius 1 is 1.06 bits per heavy atom. The summed E-state index contributed by atoms with van der Waals surface area (Å²) in [5.41, 5.74) is 0. The lowest BCUT2D eigenvalue weighted by atomic mass is 9.78. The van der Waals surface area contributed by atoms with E-state index in [1.54, 1.807) is 16.7 Å². The van der Waals surface area contributed by atoms with Gasteiger partial charge in [-0.2, -0.15) is 0 Å². The molecule has 4 heterocycles. The predicted molar refractivity (Wildman–Crippen MR) is 137 cm³/mol. The highest BCUT2D eigenvalue weighted by Crippen LogP contribution is 2.60.